The highest BCUT2D eigenvalue weighted by Crippen LogP contribution is 2.27. The summed E-state index contributed by atoms with van der Waals surface area (Å²) < 4.78 is 0. The van der Waals surface area contributed by atoms with Crippen LogP contribution < -0.4 is 16.0 Å². The van der Waals surface area contributed by atoms with Gasteiger partial charge < -0.3 is 20.9 Å². The third-order valence-corrected chi connectivity index (χ3v) is 6.68. The molecule has 3 N–H and O–H groups in total. The highest BCUT2D eigenvalue weighted by atomic mass is 32.1. The average molecular weight is 475 g/mol. The number of anilines is 2. The third kappa shape index (κ3) is 4.56. The molecule has 11 heteroatoms. The molecule has 10 nitrogen and oxygen atoms in total. The van der Waals surface area contributed by atoms with E-state index in [-0.39, 0.29) is 5.91 Å². The summed E-state index contributed by atoms with van der Waals surface area (Å²) in [6.07, 6.45) is 6.43. The van der Waals surface area contributed by atoms with E-state index in [1.54, 1.807) is 30.7 Å². The lowest BCUT2D eigenvalue weighted by atomic mass is 10.2. The molecule has 5 rings (SSSR count). The number of nitrogens with two attached hydrogens (primary N) is 1. The van der Waals surface area contributed by atoms with Gasteiger partial charge in [0.25, 0.3) is 11.8 Å². The fourth-order valence-corrected chi connectivity index (χ4v) is 4.42. The van der Waals surface area contributed by atoms with Crippen LogP contribution in [0.25, 0.3) is 21.5 Å². The molecule has 5 heterocycles. The van der Waals surface area contributed by atoms with E-state index >= 15 is 0 Å². The summed E-state index contributed by atoms with van der Waals surface area (Å²) in [6.45, 7) is 3.66. The first-order chi connectivity index (χ1) is 16.5. The zero-order chi connectivity index (χ0) is 23.7. The topological polar surface area (TPSA) is 130 Å². The standard InChI is InChI=1S/C23H22N8O2S/c1-30-4-6-31(7-5-30)20-10-14(2-3-25-20)22(33)29-19-9-15-8-17(26-11-16(15)12-27-19)23-28-13-18(34-23)21(24)32/h2-3,8-13H,4-7H2,1H3,(H2,24,32)(H,27,29,33). The molecule has 4 aromatic rings. The predicted octanol–water partition coefficient (Wildman–Crippen LogP) is 2.25. The van der Waals surface area contributed by atoms with Crippen molar-refractivity contribution in [2.45, 2.75) is 0 Å². The molecular formula is C23H22N8O2S. The lowest BCUT2D eigenvalue weighted by Crippen LogP contribution is -2.44. The van der Waals surface area contributed by atoms with Gasteiger partial charge in [-0.15, -0.1) is 11.3 Å². The van der Waals surface area contributed by atoms with Gasteiger partial charge in [0.15, 0.2) is 0 Å². The Bertz CT molecular complexity index is 1380. The number of carbonyl (C=O) groups excluding carboxylic acids is 2. The maximum atomic E-state index is 12.9. The van der Waals surface area contributed by atoms with Gasteiger partial charge in [0.2, 0.25) is 0 Å². The Morgan fingerprint density at radius 3 is 2.53 bits per heavy atom. The number of thiazole rings is 1. The Balaban J connectivity index is 1.35. The summed E-state index contributed by atoms with van der Waals surface area (Å²) in [7, 11) is 2.10. The first-order valence-electron chi connectivity index (χ1n) is 10.7. The highest BCUT2D eigenvalue weighted by Gasteiger charge is 2.17. The molecule has 0 radical (unpaired) electrons. The van der Waals surface area contributed by atoms with Crippen molar-refractivity contribution in [3.05, 3.63) is 59.5 Å². The molecule has 1 aliphatic heterocycles. The van der Waals surface area contributed by atoms with E-state index in [1.807, 2.05) is 12.1 Å². The number of hydrogen-bond acceptors (Lipinski definition) is 9. The molecule has 1 fully saturated rings. The molecular weight excluding hydrogens is 452 g/mol. The summed E-state index contributed by atoms with van der Waals surface area (Å²) in [5, 5.41) is 5.10. The van der Waals surface area contributed by atoms with Crippen molar-refractivity contribution in [3.63, 3.8) is 0 Å². The van der Waals surface area contributed by atoms with Crippen LogP contribution in [0.2, 0.25) is 0 Å². The maximum Gasteiger partial charge on any atom is 0.260 e. The first kappa shape index (κ1) is 21.9. The first-order valence-corrected chi connectivity index (χ1v) is 11.5. The Kier molecular flexibility index (Phi) is 5.86. The monoisotopic (exact) mass is 474 g/mol. The number of rotatable bonds is 5. The normalized spacial score (nSPS) is 14.3. The molecule has 0 saturated carbocycles. The van der Waals surface area contributed by atoms with E-state index in [0.717, 1.165) is 42.8 Å². The Labute approximate surface area is 199 Å². The van der Waals surface area contributed by atoms with E-state index in [0.29, 0.717) is 27.0 Å². The van der Waals surface area contributed by atoms with Crippen LogP contribution in [0.3, 0.4) is 0 Å². The molecule has 0 spiro atoms. The van der Waals surface area contributed by atoms with Gasteiger partial charge in [0, 0.05) is 55.7 Å². The summed E-state index contributed by atoms with van der Waals surface area (Å²) in [6, 6.07) is 7.12. The number of likely N-dealkylation sites (N-methyl/N-ethyl adjacent to an activating group) is 1. The molecule has 0 aliphatic carbocycles. The molecule has 0 aromatic carbocycles. The van der Waals surface area contributed by atoms with Crippen LogP contribution in [0.4, 0.5) is 11.6 Å². The van der Waals surface area contributed by atoms with Crippen LogP contribution in [0.5, 0.6) is 0 Å². The number of pyridine rings is 3. The highest BCUT2D eigenvalue weighted by molar-refractivity contribution is 7.16. The number of primary amides is 1. The molecule has 2 amide bonds. The zero-order valence-electron chi connectivity index (χ0n) is 18.4. The molecule has 4 aromatic heterocycles. The largest absolute Gasteiger partial charge is 0.365 e. The smallest absolute Gasteiger partial charge is 0.260 e. The van der Waals surface area contributed by atoms with Crippen molar-refractivity contribution in [1.82, 2.24) is 24.8 Å². The Morgan fingerprint density at radius 2 is 1.76 bits per heavy atom. The molecule has 172 valence electrons. The van der Waals surface area contributed by atoms with Crippen LogP contribution in [0.1, 0.15) is 20.0 Å². The number of piperazine rings is 1. The lowest BCUT2D eigenvalue weighted by molar-refractivity contribution is 0.100. The van der Waals surface area contributed by atoms with E-state index in [2.05, 4.69) is 42.1 Å². The summed E-state index contributed by atoms with van der Waals surface area (Å²) >= 11 is 1.18. The SMILES string of the molecule is CN1CCN(c2cc(C(=O)Nc3cc4cc(-c5ncc(C(N)=O)s5)ncc4cn3)ccn2)CC1. The fraction of sp³-hybridized carbons (Fsp3) is 0.217. The number of fused-ring (bicyclic) bond motifs is 1. The minimum atomic E-state index is -0.523. The molecule has 0 unspecified atom stereocenters. The lowest BCUT2D eigenvalue weighted by Gasteiger charge is -2.33. The van der Waals surface area contributed by atoms with Gasteiger partial charge >= 0.3 is 0 Å². The quantitative estimate of drug-likeness (QED) is 0.450. The fourth-order valence-electron chi connectivity index (χ4n) is 3.69. The molecule has 0 bridgehead atoms. The van der Waals surface area contributed by atoms with Gasteiger partial charge in [0.05, 0.1) is 11.9 Å². The van der Waals surface area contributed by atoms with E-state index in [4.69, 9.17) is 5.73 Å². The van der Waals surface area contributed by atoms with Crippen LogP contribution in [0.15, 0.2) is 49.1 Å². The number of nitrogens with one attached hydrogen (secondary N) is 1. The predicted molar refractivity (Wildman–Crippen MR) is 131 cm³/mol. The van der Waals surface area contributed by atoms with Crippen molar-refractivity contribution in [3.8, 4) is 10.7 Å². The Morgan fingerprint density at radius 1 is 0.971 bits per heavy atom. The van der Waals surface area contributed by atoms with Gasteiger partial charge in [-0.1, -0.05) is 0 Å². The van der Waals surface area contributed by atoms with Gasteiger partial charge in [-0.25, -0.2) is 15.0 Å². The molecule has 34 heavy (non-hydrogen) atoms. The van der Waals surface area contributed by atoms with Gasteiger partial charge in [0.1, 0.15) is 21.5 Å². The Hall–Kier alpha value is -3.96. The van der Waals surface area contributed by atoms with E-state index < -0.39 is 5.91 Å². The van der Waals surface area contributed by atoms with E-state index in [9.17, 15) is 9.59 Å². The maximum absolute atomic E-state index is 12.9. The number of nitrogens with zero attached hydrogens (tertiary/aromatic N) is 6. The molecule has 1 saturated heterocycles. The number of hydrogen-bond donors (Lipinski definition) is 2. The molecule has 0 atom stereocenters. The van der Waals surface area contributed by atoms with Crippen molar-refractivity contribution < 1.29 is 9.59 Å². The van der Waals surface area contributed by atoms with E-state index in [1.165, 1.54) is 17.5 Å². The van der Waals surface area contributed by atoms with Crippen LogP contribution in [-0.2, 0) is 0 Å². The van der Waals surface area contributed by atoms with Crippen molar-refractivity contribution >= 4 is 45.6 Å². The van der Waals surface area contributed by atoms with Crippen LogP contribution >= 0.6 is 11.3 Å². The number of aromatic nitrogens is 4. The second-order valence-corrected chi connectivity index (χ2v) is 9.06. The minimum Gasteiger partial charge on any atom is -0.365 e. The average Bonchev–Trinajstić information content (AvgIpc) is 3.35. The van der Waals surface area contributed by atoms with Crippen molar-refractivity contribution in [1.29, 1.82) is 0 Å². The zero-order valence-corrected chi connectivity index (χ0v) is 19.2. The van der Waals surface area contributed by atoms with Gasteiger partial charge in [-0.3, -0.25) is 14.6 Å². The van der Waals surface area contributed by atoms with Crippen molar-refractivity contribution in [2.24, 2.45) is 5.73 Å². The number of amides is 2. The summed E-state index contributed by atoms with van der Waals surface area (Å²) in [4.78, 5) is 46.5. The second kappa shape index (κ2) is 9.12. The van der Waals surface area contributed by atoms with Crippen molar-refractivity contribution in [2.75, 3.05) is 43.4 Å². The molecule has 1 aliphatic rings. The second-order valence-electron chi connectivity index (χ2n) is 8.03. The van der Waals surface area contributed by atoms with Crippen LogP contribution in [-0.4, -0.2) is 69.9 Å². The minimum absolute atomic E-state index is 0.259. The summed E-state index contributed by atoms with van der Waals surface area (Å²) in [5.74, 6) is 0.432. The number of carbonyl (C=O) groups is 2. The summed E-state index contributed by atoms with van der Waals surface area (Å²) in [5.41, 5.74) is 6.45. The van der Waals surface area contributed by atoms with Gasteiger partial charge in [-0.2, -0.15) is 0 Å². The third-order valence-electron chi connectivity index (χ3n) is 5.65. The van der Waals surface area contributed by atoms with Gasteiger partial charge in [-0.05, 0) is 36.7 Å². The van der Waals surface area contributed by atoms with Crippen LogP contribution in [0, 0.1) is 0 Å².